The molecular weight excluding hydrogens is 695 g/mol. The Morgan fingerprint density at radius 3 is 2.58 bits per heavy atom. The number of rotatable bonds is 13. The maximum absolute atomic E-state index is 14.8. The van der Waals surface area contributed by atoms with Crippen molar-refractivity contribution in [1.29, 1.82) is 0 Å². The Kier molecular flexibility index (Phi) is 12.5. The van der Waals surface area contributed by atoms with E-state index in [9.17, 15) is 41.3 Å². The lowest BCUT2D eigenvalue weighted by Crippen LogP contribution is -2.61. The maximum Gasteiger partial charge on any atom is 0.339 e. The Morgan fingerprint density at radius 2 is 1.94 bits per heavy atom. The first-order valence-corrected chi connectivity index (χ1v) is 19.1. The predicted molar refractivity (Wildman–Crippen MR) is 175 cm³/mol. The molecule has 2 aromatic rings. The molecule has 1 aromatic heterocycles. The fourth-order valence-corrected chi connectivity index (χ4v) is 8.19. The Morgan fingerprint density at radius 1 is 1.21 bits per heavy atom. The number of likely N-dealkylation sites (N-methyl/N-ethyl adjacent to an activating group) is 1. The van der Waals surface area contributed by atoms with Crippen molar-refractivity contribution in [2.24, 2.45) is 5.14 Å². The molecule has 19 heteroatoms. The molecule has 3 heterocycles. The molecule has 2 aliphatic heterocycles. The van der Waals surface area contributed by atoms with Crippen molar-refractivity contribution < 1.29 is 50.5 Å². The largest absolute Gasteiger partial charge is 0.467 e. The van der Waals surface area contributed by atoms with Gasteiger partial charge in [0.15, 0.2) is 0 Å². The van der Waals surface area contributed by atoms with Crippen LogP contribution in [0, 0.1) is 0 Å². The van der Waals surface area contributed by atoms with Crippen LogP contribution in [-0.4, -0.2) is 110 Å². The van der Waals surface area contributed by atoms with Gasteiger partial charge < -0.3 is 34.6 Å². The summed E-state index contributed by atoms with van der Waals surface area (Å²) in [7, 11) is -5.90. The molecule has 0 saturated carbocycles. The number of esters is 1. The number of methoxy groups -OCH3 is 1. The lowest BCUT2D eigenvalue weighted by molar-refractivity contribution is -0.147. The van der Waals surface area contributed by atoms with Gasteiger partial charge in [-0.05, 0) is 62.7 Å². The van der Waals surface area contributed by atoms with Gasteiger partial charge in [-0.2, -0.15) is 8.78 Å². The molecule has 2 saturated heterocycles. The molecule has 5 N–H and O–H groups in total. The Balaban J connectivity index is 1.55. The molecule has 0 spiro atoms. The summed E-state index contributed by atoms with van der Waals surface area (Å²) in [5.41, 5.74) is -4.09. The molecule has 0 bridgehead atoms. The minimum Gasteiger partial charge on any atom is -0.467 e. The van der Waals surface area contributed by atoms with Crippen LogP contribution >= 0.6 is 19.7 Å². The van der Waals surface area contributed by atoms with Crippen LogP contribution in [-0.2, 0) is 39.3 Å². The zero-order valence-corrected chi connectivity index (χ0v) is 29.2. The van der Waals surface area contributed by atoms with Crippen LogP contribution in [0.3, 0.4) is 0 Å². The van der Waals surface area contributed by atoms with E-state index in [0.717, 1.165) is 18.4 Å². The highest BCUT2D eigenvalue weighted by molar-refractivity contribution is 7.89. The number of nitrogens with two attached hydrogens (primary N) is 1. The molecule has 14 nitrogen and oxygen atoms in total. The number of alkyl halides is 2. The van der Waals surface area contributed by atoms with E-state index < -0.39 is 77.2 Å². The number of ether oxygens (including phenoxy) is 1. The van der Waals surface area contributed by atoms with E-state index in [0.29, 0.717) is 36.0 Å². The maximum atomic E-state index is 14.8. The third-order valence-electron chi connectivity index (χ3n) is 8.40. The first kappa shape index (κ1) is 38.0. The number of hydrogen-bond donors (Lipinski definition) is 4. The quantitative estimate of drug-likeness (QED) is 0.174. The number of nitrogens with one attached hydrogen (secondary N) is 2. The number of halogens is 2. The second-order valence-electron chi connectivity index (χ2n) is 11.5. The van der Waals surface area contributed by atoms with E-state index in [2.05, 4.69) is 10.6 Å². The minimum absolute atomic E-state index is 0.0863. The molecule has 5 atom stereocenters. The molecule has 1 aromatic carbocycles. The predicted octanol–water partition coefficient (Wildman–Crippen LogP) is 1.81. The van der Waals surface area contributed by atoms with E-state index in [1.807, 2.05) is 11.8 Å². The first-order valence-electron chi connectivity index (χ1n) is 15.4. The lowest BCUT2D eigenvalue weighted by Gasteiger charge is -2.38. The summed E-state index contributed by atoms with van der Waals surface area (Å²) in [6.45, 7) is 4.66. The number of carbonyl (C=O) groups is 4. The molecular formula is C29H40F2N5O9PS2. The zero-order valence-electron chi connectivity index (χ0n) is 26.7. The number of hydrogen-bond acceptors (Lipinski definition) is 11. The van der Waals surface area contributed by atoms with Crippen molar-refractivity contribution >= 4 is 63.5 Å². The second kappa shape index (κ2) is 15.8. The van der Waals surface area contributed by atoms with Gasteiger partial charge in [-0.3, -0.25) is 14.4 Å². The molecule has 0 aliphatic carbocycles. The van der Waals surface area contributed by atoms with Gasteiger partial charge in [-0.25, -0.2) is 18.4 Å². The first-order chi connectivity index (χ1) is 22.6. The van der Waals surface area contributed by atoms with Gasteiger partial charge >= 0.3 is 11.6 Å². The zero-order chi connectivity index (χ0) is 35.4. The van der Waals surface area contributed by atoms with Gasteiger partial charge in [-0.1, -0.05) is 13.0 Å². The Bertz CT molecular complexity index is 1630. The van der Waals surface area contributed by atoms with Gasteiger partial charge in [0.2, 0.25) is 30.2 Å². The van der Waals surface area contributed by atoms with Crippen molar-refractivity contribution in [2.75, 3.05) is 39.1 Å². The molecule has 2 aliphatic rings. The Hall–Kier alpha value is -2.86. The van der Waals surface area contributed by atoms with Crippen molar-refractivity contribution in [1.82, 2.24) is 20.4 Å². The molecule has 1 unspecified atom stereocenters. The van der Waals surface area contributed by atoms with Gasteiger partial charge in [0, 0.05) is 29.4 Å². The topological polar surface area (TPSA) is 198 Å². The summed E-state index contributed by atoms with van der Waals surface area (Å²) in [4.78, 5) is 66.9. The number of fused-ring (bicyclic) bond motifs is 2. The van der Waals surface area contributed by atoms with E-state index in [1.54, 1.807) is 0 Å². The monoisotopic (exact) mass is 735 g/mol. The number of carbonyl (C=O) groups excluding carboxylic acids is 4. The number of thiophene rings is 1. The number of sulfonamides is 1. The smallest absolute Gasteiger partial charge is 0.339 e. The van der Waals surface area contributed by atoms with Crippen LogP contribution in [0.4, 0.5) is 8.78 Å². The Labute approximate surface area is 282 Å². The van der Waals surface area contributed by atoms with Gasteiger partial charge in [-0.15, -0.1) is 11.3 Å². The average molecular weight is 736 g/mol. The highest BCUT2D eigenvalue weighted by Crippen LogP contribution is 2.56. The van der Waals surface area contributed by atoms with Crippen LogP contribution in [0.15, 0.2) is 24.3 Å². The summed E-state index contributed by atoms with van der Waals surface area (Å²) in [5.74, 6) is -3.22. The van der Waals surface area contributed by atoms with Crippen LogP contribution in [0.2, 0.25) is 0 Å². The average Bonchev–Trinajstić information content (AvgIpc) is 3.66. The molecule has 2 fully saturated rings. The van der Waals surface area contributed by atoms with Crippen LogP contribution < -0.4 is 15.8 Å². The molecule has 3 amide bonds. The third-order valence-corrected chi connectivity index (χ3v) is 11.6. The SMILES string of the molecule is CCOP(O)C(F)(F)c1ccc2sc(C(=O)N[C@H]3CN(CC)CC[C@H]4CC[C@@H](C(=O)N[C@@H](CCS(N)(=O)=O)C(=O)OC)N4C3=O)cc2c1. The summed E-state index contributed by atoms with van der Waals surface area (Å²) in [6.07, 6.45) is 1.01. The van der Waals surface area contributed by atoms with Gasteiger partial charge in [0.25, 0.3) is 5.91 Å². The fourth-order valence-electron chi connectivity index (χ4n) is 5.92. The van der Waals surface area contributed by atoms with Gasteiger partial charge in [0.1, 0.15) is 18.1 Å². The molecule has 48 heavy (non-hydrogen) atoms. The second-order valence-corrected chi connectivity index (χ2v) is 15.7. The van der Waals surface area contributed by atoms with E-state index in [1.165, 1.54) is 36.1 Å². The van der Waals surface area contributed by atoms with E-state index >= 15 is 0 Å². The fraction of sp³-hybridized carbons (Fsp3) is 0.586. The summed E-state index contributed by atoms with van der Waals surface area (Å²) in [5, 5.41) is 10.7. The van der Waals surface area contributed by atoms with E-state index in [-0.39, 0.29) is 36.9 Å². The van der Waals surface area contributed by atoms with Crippen molar-refractivity contribution in [3.05, 3.63) is 34.7 Å². The third kappa shape index (κ3) is 8.83. The highest BCUT2D eigenvalue weighted by atomic mass is 32.2. The lowest BCUT2D eigenvalue weighted by atomic mass is 10.1. The number of primary sulfonamides is 1. The van der Waals surface area contributed by atoms with Gasteiger partial charge in [0.05, 0.1) is 24.3 Å². The molecule has 4 rings (SSSR count). The number of amides is 3. The standard InChI is InChI=1S/C29H40F2N5O9PS2/c1-4-35-12-10-19-7-8-22(25(37)33-20(28(40)44-3)11-13-48(32,42)43)36(19)27(39)21(16-35)34-26(38)24-15-17-14-18(6-9-23(17)47-24)29(30,31)46(41)45-5-2/h6,9,14-15,19-22,41H,4-5,7-8,10-13,16H2,1-3H3,(H,33,37)(H,34,38)(H2,32,42,43)/t19-,20+,21+,22+,46?/m1/s1. The molecule has 0 radical (unpaired) electrons. The minimum atomic E-state index is -3.94. The van der Waals surface area contributed by atoms with Crippen molar-refractivity contribution in [3.8, 4) is 0 Å². The van der Waals surface area contributed by atoms with E-state index in [4.69, 9.17) is 14.4 Å². The number of nitrogens with zero attached hydrogens (tertiary/aromatic N) is 2. The summed E-state index contributed by atoms with van der Waals surface area (Å²) >= 11 is 1.05. The molecule has 266 valence electrons. The highest BCUT2D eigenvalue weighted by Gasteiger charge is 2.46. The normalized spacial score (nSPS) is 22.0. The van der Waals surface area contributed by atoms with Crippen LogP contribution in [0.25, 0.3) is 10.1 Å². The van der Waals surface area contributed by atoms with Crippen LogP contribution in [0.5, 0.6) is 0 Å². The van der Waals surface area contributed by atoms with Crippen LogP contribution in [0.1, 0.15) is 54.8 Å². The van der Waals surface area contributed by atoms with Crippen molar-refractivity contribution in [3.63, 3.8) is 0 Å². The van der Waals surface area contributed by atoms with Crippen molar-refractivity contribution in [2.45, 2.75) is 69.4 Å². The number of benzene rings is 1. The summed E-state index contributed by atoms with van der Waals surface area (Å²) < 4.78 is 62.6. The summed E-state index contributed by atoms with van der Waals surface area (Å²) in [6, 6.07) is 1.52.